The Balaban J connectivity index is 2.29. The van der Waals surface area contributed by atoms with Crippen molar-refractivity contribution >= 4 is 16.9 Å². The van der Waals surface area contributed by atoms with Crippen molar-refractivity contribution in [1.29, 1.82) is 0 Å². The second-order valence-electron chi connectivity index (χ2n) is 5.13. The Bertz CT molecular complexity index is 595. The minimum atomic E-state index is -1.09. The van der Waals surface area contributed by atoms with Gasteiger partial charge in [-0.25, -0.2) is 4.79 Å². The monoisotopic (exact) mass is 263 g/mol. The summed E-state index contributed by atoms with van der Waals surface area (Å²) in [5, 5.41) is 22.6. The fourth-order valence-electron chi connectivity index (χ4n) is 1.94. The van der Waals surface area contributed by atoms with E-state index in [2.05, 4.69) is 5.32 Å². The summed E-state index contributed by atoms with van der Waals surface area (Å²) in [5.41, 5.74) is 0.315. The quantitative estimate of drug-likeness (QED) is 0.768. The number of benzene rings is 1. The van der Waals surface area contributed by atoms with Gasteiger partial charge in [0.2, 0.25) is 5.76 Å². The maximum atomic E-state index is 11.2. The Kier molecular flexibility index (Phi) is 3.59. The molecule has 0 spiro atoms. The van der Waals surface area contributed by atoms with Crippen LogP contribution in [0.2, 0.25) is 0 Å². The summed E-state index contributed by atoms with van der Waals surface area (Å²) in [6, 6.07) is 7.20. The van der Waals surface area contributed by atoms with E-state index in [1.807, 2.05) is 12.1 Å². The Labute approximate surface area is 110 Å². The number of carboxylic acids is 1. The lowest BCUT2D eigenvalue weighted by atomic mass is 10.1. The lowest BCUT2D eigenvalue weighted by molar-refractivity contribution is 0.0662. The van der Waals surface area contributed by atoms with Crippen molar-refractivity contribution in [3.63, 3.8) is 0 Å². The van der Waals surface area contributed by atoms with Gasteiger partial charge in [-0.05, 0) is 19.9 Å². The van der Waals surface area contributed by atoms with E-state index < -0.39 is 11.6 Å². The van der Waals surface area contributed by atoms with E-state index in [1.165, 1.54) is 0 Å². The third kappa shape index (κ3) is 3.13. The molecule has 0 amide bonds. The molecular weight excluding hydrogens is 246 g/mol. The van der Waals surface area contributed by atoms with E-state index in [0.717, 1.165) is 5.39 Å². The van der Waals surface area contributed by atoms with Crippen LogP contribution in [0.15, 0.2) is 28.7 Å². The van der Waals surface area contributed by atoms with Crippen molar-refractivity contribution in [2.75, 3.05) is 6.54 Å². The summed E-state index contributed by atoms with van der Waals surface area (Å²) in [4.78, 5) is 11.2. The molecular formula is C14H17NO4. The van der Waals surface area contributed by atoms with E-state index >= 15 is 0 Å². The van der Waals surface area contributed by atoms with Gasteiger partial charge in [0.15, 0.2) is 0 Å². The molecule has 2 aromatic rings. The van der Waals surface area contributed by atoms with Gasteiger partial charge in [-0.3, -0.25) is 0 Å². The largest absolute Gasteiger partial charge is 0.475 e. The minimum Gasteiger partial charge on any atom is -0.475 e. The first-order valence-corrected chi connectivity index (χ1v) is 6.05. The van der Waals surface area contributed by atoms with E-state index in [0.29, 0.717) is 24.2 Å². The summed E-state index contributed by atoms with van der Waals surface area (Å²) in [6.07, 6.45) is 0. The molecule has 5 nitrogen and oxygen atoms in total. The van der Waals surface area contributed by atoms with Crippen molar-refractivity contribution in [1.82, 2.24) is 5.32 Å². The zero-order valence-electron chi connectivity index (χ0n) is 10.9. The highest BCUT2D eigenvalue weighted by Gasteiger charge is 2.20. The van der Waals surface area contributed by atoms with Crippen LogP contribution in [0.25, 0.3) is 11.0 Å². The number of furan rings is 1. The summed E-state index contributed by atoms with van der Waals surface area (Å²) in [5.74, 6) is -1.14. The molecule has 102 valence electrons. The fraction of sp³-hybridized carbons (Fsp3) is 0.357. The second kappa shape index (κ2) is 5.03. The first kappa shape index (κ1) is 13.6. The molecule has 0 saturated carbocycles. The molecule has 0 fully saturated rings. The highest BCUT2D eigenvalue weighted by atomic mass is 16.4. The zero-order valence-corrected chi connectivity index (χ0v) is 10.9. The van der Waals surface area contributed by atoms with Crippen LogP contribution < -0.4 is 5.32 Å². The molecule has 5 heteroatoms. The van der Waals surface area contributed by atoms with Crippen LogP contribution in [-0.4, -0.2) is 28.3 Å². The molecule has 0 atom stereocenters. The summed E-state index contributed by atoms with van der Waals surface area (Å²) in [6.45, 7) is 4.07. The zero-order chi connectivity index (χ0) is 14.0. The lowest BCUT2D eigenvalue weighted by Gasteiger charge is -2.17. The average molecular weight is 263 g/mol. The van der Waals surface area contributed by atoms with E-state index in [4.69, 9.17) is 9.52 Å². The summed E-state index contributed by atoms with van der Waals surface area (Å²) < 4.78 is 5.34. The molecule has 0 aliphatic carbocycles. The van der Waals surface area contributed by atoms with Crippen LogP contribution in [0.5, 0.6) is 0 Å². The van der Waals surface area contributed by atoms with E-state index in [9.17, 15) is 9.90 Å². The number of hydrogen-bond donors (Lipinski definition) is 3. The molecule has 0 aliphatic heterocycles. The van der Waals surface area contributed by atoms with Crippen molar-refractivity contribution < 1.29 is 19.4 Å². The van der Waals surface area contributed by atoms with Gasteiger partial charge in [0, 0.05) is 24.0 Å². The first-order valence-electron chi connectivity index (χ1n) is 6.05. The van der Waals surface area contributed by atoms with Gasteiger partial charge in [-0.1, -0.05) is 18.2 Å². The van der Waals surface area contributed by atoms with Crippen LogP contribution in [0.4, 0.5) is 0 Å². The van der Waals surface area contributed by atoms with Gasteiger partial charge in [0.1, 0.15) is 5.58 Å². The van der Waals surface area contributed by atoms with Gasteiger partial charge >= 0.3 is 5.97 Å². The number of aromatic carboxylic acids is 1. The number of aliphatic hydroxyl groups is 1. The van der Waals surface area contributed by atoms with Crippen molar-refractivity contribution in [3.05, 3.63) is 35.6 Å². The molecule has 2 rings (SSSR count). The fourth-order valence-corrected chi connectivity index (χ4v) is 1.94. The number of nitrogens with one attached hydrogen (secondary N) is 1. The number of carboxylic acid groups (broad SMARTS) is 1. The molecule has 3 N–H and O–H groups in total. The van der Waals surface area contributed by atoms with E-state index in [1.54, 1.807) is 26.0 Å². The Morgan fingerprint density at radius 3 is 2.68 bits per heavy atom. The number of fused-ring (bicyclic) bond motifs is 1. The van der Waals surface area contributed by atoms with Gasteiger partial charge in [-0.15, -0.1) is 0 Å². The van der Waals surface area contributed by atoms with Crippen LogP contribution in [-0.2, 0) is 6.54 Å². The molecule has 0 bridgehead atoms. The maximum absolute atomic E-state index is 11.2. The molecule has 0 saturated heterocycles. The van der Waals surface area contributed by atoms with Gasteiger partial charge in [0.05, 0.1) is 5.60 Å². The minimum absolute atomic E-state index is 0.0514. The van der Waals surface area contributed by atoms with Crippen LogP contribution in [0, 0.1) is 0 Å². The van der Waals surface area contributed by atoms with Crippen LogP contribution in [0.3, 0.4) is 0 Å². The summed E-state index contributed by atoms with van der Waals surface area (Å²) >= 11 is 0. The predicted octanol–water partition coefficient (Wildman–Crippen LogP) is 1.99. The van der Waals surface area contributed by atoms with Crippen LogP contribution in [0.1, 0.15) is 30.0 Å². The number of carbonyl (C=O) groups is 1. The Hall–Kier alpha value is -1.85. The number of hydrogen-bond acceptors (Lipinski definition) is 4. The van der Waals surface area contributed by atoms with Crippen molar-refractivity contribution in [3.8, 4) is 0 Å². The molecule has 0 unspecified atom stereocenters. The van der Waals surface area contributed by atoms with E-state index in [-0.39, 0.29) is 5.76 Å². The molecule has 0 aliphatic rings. The Morgan fingerprint density at radius 1 is 1.37 bits per heavy atom. The molecule has 19 heavy (non-hydrogen) atoms. The molecule has 1 aromatic heterocycles. The molecule has 1 aromatic carbocycles. The number of para-hydroxylation sites is 1. The van der Waals surface area contributed by atoms with Crippen LogP contribution >= 0.6 is 0 Å². The smallest absolute Gasteiger partial charge is 0.372 e. The SMILES string of the molecule is CC(C)(O)CNCc1c(C(=O)O)oc2ccccc12. The van der Waals surface area contributed by atoms with Gasteiger partial charge in [-0.2, -0.15) is 0 Å². The standard InChI is InChI=1S/C14H17NO4/c1-14(2,18)8-15-7-10-9-5-3-4-6-11(9)19-12(10)13(16)17/h3-6,15,18H,7-8H2,1-2H3,(H,16,17). The highest BCUT2D eigenvalue weighted by molar-refractivity contribution is 5.95. The topological polar surface area (TPSA) is 82.7 Å². The van der Waals surface area contributed by atoms with Gasteiger partial charge < -0.3 is 19.9 Å². The lowest BCUT2D eigenvalue weighted by Crippen LogP contribution is -2.34. The number of rotatable bonds is 5. The highest BCUT2D eigenvalue weighted by Crippen LogP contribution is 2.25. The third-order valence-electron chi connectivity index (χ3n) is 2.75. The Morgan fingerprint density at radius 2 is 2.05 bits per heavy atom. The maximum Gasteiger partial charge on any atom is 0.372 e. The van der Waals surface area contributed by atoms with Gasteiger partial charge in [0.25, 0.3) is 0 Å². The molecule has 1 heterocycles. The third-order valence-corrected chi connectivity index (χ3v) is 2.75. The first-order chi connectivity index (χ1) is 8.88. The van der Waals surface area contributed by atoms with Crippen molar-refractivity contribution in [2.24, 2.45) is 0 Å². The predicted molar refractivity (Wildman–Crippen MR) is 71.2 cm³/mol. The average Bonchev–Trinajstić information content (AvgIpc) is 2.67. The summed E-state index contributed by atoms with van der Waals surface area (Å²) in [7, 11) is 0. The second-order valence-corrected chi connectivity index (χ2v) is 5.13. The van der Waals surface area contributed by atoms with Crippen molar-refractivity contribution in [2.45, 2.75) is 26.0 Å². The normalized spacial score (nSPS) is 11.9. The molecule has 0 radical (unpaired) electrons.